The van der Waals surface area contributed by atoms with Crippen LogP contribution in [0, 0.1) is 11.3 Å². The first-order valence-electron chi connectivity index (χ1n) is 9.51. The summed E-state index contributed by atoms with van der Waals surface area (Å²) < 4.78 is 0. The van der Waals surface area contributed by atoms with Crippen molar-refractivity contribution in [2.45, 2.75) is 38.6 Å². The summed E-state index contributed by atoms with van der Waals surface area (Å²) in [7, 11) is 0. The fourth-order valence-electron chi connectivity index (χ4n) is 4.05. The van der Waals surface area contributed by atoms with Crippen LogP contribution in [0.2, 0.25) is 0 Å². The molecule has 0 radical (unpaired) electrons. The van der Waals surface area contributed by atoms with Crippen molar-refractivity contribution in [3.63, 3.8) is 0 Å². The van der Waals surface area contributed by atoms with Crippen molar-refractivity contribution < 1.29 is 0 Å². The highest BCUT2D eigenvalue weighted by atomic mass is 15.2. The first-order valence-corrected chi connectivity index (χ1v) is 9.51. The lowest BCUT2D eigenvalue weighted by Crippen LogP contribution is -2.30. The Hall–Kier alpha value is -2.57. The van der Waals surface area contributed by atoms with Crippen molar-refractivity contribution in [2.75, 3.05) is 13.1 Å². The third kappa shape index (κ3) is 3.25. The molecule has 1 aliphatic rings. The minimum atomic E-state index is 0.501. The number of aromatic nitrogens is 1. The molecule has 26 heavy (non-hydrogen) atoms. The van der Waals surface area contributed by atoms with Gasteiger partial charge in [-0.25, -0.2) is 0 Å². The third-order valence-corrected chi connectivity index (χ3v) is 5.72. The summed E-state index contributed by atoms with van der Waals surface area (Å²) in [5.41, 5.74) is 5.54. The van der Waals surface area contributed by atoms with Gasteiger partial charge in [0.2, 0.25) is 0 Å². The molecular formula is C23H25N3. The number of rotatable bonds is 4. The molecule has 1 unspecified atom stereocenters. The number of likely N-dealkylation sites (tertiary alicyclic amines) is 1. The SMILES string of the molecule is CC(CN1CCC[C@H]1C)c1cc2cc(-c3ccc(C#N)cc3)ccc2[nH]1. The minimum Gasteiger partial charge on any atom is -0.358 e. The number of nitriles is 1. The highest BCUT2D eigenvalue weighted by molar-refractivity contribution is 5.86. The van der Waals surface area contributed by atoms with Crippen LogP contribution in [0.4, 0.5) is 0 Å². The van der Waals surface area contributed by atoms with Gasteiger partial charge in [-0.1, -0.05) is 25.1 Å². The van der Waals surface area contributed by atoms with Gasteiger partial charge in [-0.3, -0.25) is 0 Å². The van der Waals surface area contributed by atoms with Crippen molar-refractivity contribution in [3.8, 4) is 17.2 Å². The van der Waals surface area contributed by atoms with E-state index >= 15 is 0 Å². The summed E-state index contributed by atoms with van der Waals surface area (Å²) in [6.45, 7) is 7.01. The van der Waals surface area contributed by atoms with Crippen molar-refractivity contribution in [1.29, 1.82) is 5.26 Å². The van der Waals surface area contributed by atoms with Crippen LogP contribution in [0.3, 0.4) is 0 Å². The Kier molecular flexibility index (Phi) is 4.53. The van der Waals surface area contributed by atoms with Crippen LogP contribution in [-0.2, 0) is 0 Å². The Morgan fingerprint density at radius 1 is 1.15 bits per heavy atom. The molecule has 3 aromatic rings. The van der Waals surface area contributed by atoms with Gasteiger partial charge in [-0.15, -0.1) is 0 Å². The normalized spacial score (nSPS) is 18.9. The van der Waals surface area contributed by atoms with Crippen LogP contribution < -0.4 is 0 Å². The minimum absolute atomic E-state index is 0.501. The third-order valence-electron chi connectivity index (χ3n) is 5.72. The lowest BCUT2D eigenvalue weighted by Gasteiger charge is -2.24. The van der Waals surface area contributed by atoms with Crippen LogP contribution in [0.5, 0.6) is 0 Å². The van der Waals surface area contributed by atoms with Gasteiger partial charge in [0.05, 0.1) is 11.6 Å². The second-order valence-corrected chi connectivity index (χ2v) is 7.60. The zero-order valence-electron chi connectivity index (χ0n) is 15.5. The molecule has 0 amide bonds. The molecular weight excluding hydrogens is 318 g/mol. The van der Waals surface area contributed by atoms with E-state index in [0.717, 1.165) is 12.1 Å². The molecule has 1 aliphatic heterocycles. The summed E-state index contributed by atoms with van der Waals surface area (Å²) in [6, 6.07) is 19.5. The Labute approximate surface area is 155 Å². The number of hydrogen-bond acceptors (Lipinski definition) is 2. The van der Waals surface area contributed by atoms with E-state index in [0.29, 0.717) is 17.5 Å². The Morgan fingerprint density at radius 2 is 1.92 bits per heavy atom. The molecule has 2 atom stereocenters. The zero-order chi connectivity index (χ0) is 18.1. The quantitative estimate of drug-likeness (QED) is 0.699. The highest BCUT2D eigenvalue weighted by Crippen LogP contribution is 2.29. The number of fused-ring (bicyclic) bond motifs is 1. The molecule has 0 spiro atoms. The van der Waals surface area contributed by atoms with E-state index in [1.54, 1.807) is 0 Å². The second kappa shape index (κ2) is 6.97. The van der Waals surface area contributed by atoms with Gasteiger partial charge in [0.25, 0.3) is 0 Å². The average molecular weight is 343 g/mol. The highest BCUT2D eigenvalue weighted by Gasteiger charge is 2.22. The zero-order valence-corrected chi connectivity index (χ0v) is 15.5. The van der Waals surface area contributed by atoms with Crippen LogP contribution in [0.15, 0.2) is 48.5 Å². The maximum absolute atomic E-state index is 8.96. The molecule has 1 saturated heterocycles. The van der Waals surface area contributed by atoms with Gasteiger partial charge in [-0.2, -0.15) is 5.26 Å². The van der Waals surface area contributed by atoms with Crippen LogP contribution >= 0.6 is 0 Å². The van der Waals surface area contributed by atoms with Crippen LogP contribution in [-0.4, -0.2) is 29.0 Å². The van der Waals surface area contributed by atoms with E-state index in [4.69, 9.17) is 5.26 Å². The predicted molar refractivity (Wildman–Crippen MR) is 107 cm³/mol. The van der Waals surface area contributed by atoms with Gasteiger partial charge >= 0.3 is 0 Å². The lowest BCUT2D eigenvalue weighted by atomic mass is 10.0. The van der Waals surface area contributed by atoms with Gasteiger partial charge in [-0.05, 0) is 67.8 Å². The van der Waals surface area contributed by atoms with E-state index in [1.807, 2.05) is 24.3 Å². The number of nitrogens with one attached hydrogen (secondary N) is 1. The predicted octanol–water partition coefficient (Wildman–Crippen LogP) is 5.29. The summed E-state index contributed by atoms with van der Waals surface area (Å²) in [4.78, 5) is 6.22. The first kappa shape index (κ1) is 16.9. The summed E-state index contributed by atoms with van der Waals surface area (Å²) in [5.74, 6) is 0.501. The van der Waals surface area contributed by atoms with Crippen molar-refractivity contribution in [3.05, 3.63) is 59.8 Å². The molecule has 3 nitrogen and oxygen atoms in total. The number of H-pyrrole nitrogens is 1. The molecule has 1 fully saturated rings. The first-order chi connectivity index (χ1) is 12.6. The molecule has 0 aliphatic carbocycles. The van der Waals surface area contributed by atoms with E-state index in [2.05, 4.69) is 54.1 Å². The van der Waals surface area contributed by atoms with E-state index in [9.17, 15) is 0 Å². The van der Waals surface area contributed by atoms with Gasteiger partial charge in [0, 0.05) is 35.1 Å². The number of aromatic amines is 1. The Bertz CT molecular complexity index is 946. The summed E-state index contributed by atoms with van der Waals surface area (Å²) in [6.07, 6.45) is 2.65. The molecule has 1 aromatic heterocycles. The molecule has 0 bridgehead atoms. The maximum atomic E-state index is 8.96. The lowest BCUT2D eigenvalue weighted by molar-refractivity contribution is 0.255. The van der Waals surface area contributed by atoms with E-state index in [1.165, 1.54) is 41.5 Å². The average Bonchev–Trinajstić information content (AvgIpc) is 3.27. The van der Waals surface area contributed by atoms with Gasteiger partial charge in [0.15, 0.2) is 0 Å². The van der Waals surface area contributed by atoms with Crippen LogP contribution in [0.25, 0.3) is 22.0 Å². The largest absolute Gasteiger partial charge is 0.358 e. The fraction of sp³-hybridized carbons (Fsp3) is 0.348. The maximum Gasteiger partial charge on any atom is 0.0991 e. The molecule has 4 rings (SSSR count). The van der Waals surface area contributed by atoms with Gasteiger partial charge < -0.3 is 9.88 Å². The van der Waals surface area contributed by atoms with E-state index in [-0.39, 0.29) is 0 Å². The smallest absolute Gasteiger partial charge is 0.0991 e. The fourth-order valence-corrected chi connectivity index (χ4v) is 4.05. The molecule has 132 valence electrons. The second-order valence-electron chi connectivity index (χ2n) is 7.60. The monoisotopic (exact) mass is 343 g/mol. The molecule has 1 N–H and O–H groups in total. The van der Waals surface area contributed by atoms with Crippen molar-refractivity contribution in [1.82, 2.24) is 9.88 Å². The van der Waals surface area contributed by atoms with Crippen LogP contribution in [0.1, 0.15) is 43.9 Å². The summed E-state index contributed by atoms with van der Waals surface area (Å²) in [5, 5.41) is 10.2. The molecule has 0 saturated carbocycles. The topological polar surface area (TPSA) is 42.8 Å². The number of hydrogen-bond donors (Lipinski definition) is 1. The van der Waals surface area contributed by atoms with Gasteiger partial charge in [0.1, 0.15) is 0 Å². The number of nitrogens with zero attached hydrogens (tertiary/aromatic N) is 2. The summed E-state index contributed by atoms with van der Waals surface area (Å²) >= 11 is 0. The van der Waals surface area contributed by atoms with Crippen molar-refractivity contribution >= 4 is 10.9 Å². The Morgan fingerprint density at radius 3 is 2.62 bits per heavy atom. The molecule has 2 heterocycles. The molecule has 3 heteroatoms. The number of benzene rings is 2. The van der Waals surface area contributed by atoms with E-state index < -0.39 is 0 Å². The Balaban J connectivity index is 1.58. The standard InChI is InChI=1S/C23H25N3/c1-16(15-26-11-3-4-17(26)2)23-13-21-12-20(9-10-22(21)25-23)19-7-5-18(14-24)6-8-19/h5-10,12-13,16-17,25H,3-4,11,15H2,1-2H3/t16?,17-/m1/s1. The molecule has 2 aromatic carbocycles. The van der Waals surface area contributed by atoms with Crippen molar-refractivity contribution in [2.24, 2.45) is 0 Å².